The van der Waals surface area contributed by atoms with Gasteiger partial charge in [0.2, 0.25) is 0 Å². The molecule has 0 saturated carbocycles. The largest absolute Gasteiger partial charge is 0.480 e. The molecule has 17 heavy (non-hydrogen) atoms. The minimum Gasteiger partial charge on any atom is -0.480 e. The fraction of sp³-hybridized carbons (Fsp3) is 0.917. The number of rotatable bonds is 7. The van der Waals surface area contributed by atoms with Gasteiger partial charge in [0.15, 0.2) is 0 Å². The van der Waals surface area contributed by atoms with Crippen LogP contribution in [0.1, 0.15) is 13.8 Å². The van der Waals surface area contributed by atoms with E-state index in [9.17, 15) is 4.79 Å². The molecule has 0 aromatic rings. The Balaban J connectivity index is 2.05. The van der Waals surface area contributed by atoms with Gasteiger partial charge in [0, 0.05) is 39.3 Å². The van der Waals surface area contributed by atoms with E-state index in [0.29, 0.717) is 5.92 Å². The van der Waals surface area contributed by atoms with Crippen LogP contribution in [0.2, 0.25) is 0 Å². The molecule has 0 unspecified atom stereocenters. The van der Waals surface area contributed by atoms with Crippen molar-refractivity contribution in [2.45, 2.75) is 13.8 Å². The van der Waals surface area contributed by atoms with Crippen LogP contribution in [-0.4, -0.2) is 73.4 Å². The second kappa shape index (κ2) is 7.63. The first-order valence-electron chi connectivity index (χ1n) is 6.32. The predicted octanol–water partition coefficient (Wildman–Crippen LogP) is 0.361. The van der Waals surface area contributed by atoms with Crippen LogP contribution in [0.3, 0.4) is 0 Å². The maximum Gasteiger partial charge on any atom is 0.317 e. The number of ether oxygens (including phenoxy) is 1. The zero-order valence-corrected chi connectivity index (χ0v) is 10.9. The van der Waals surface area contributed by atoms with Crippen molar-refractivity contribution in [3.05, 3.63) is 0 Å². The zero-order valence-electron chi connectivity index (χ0n) is 10.9. The van der Waals surface area contributed by atoms with E-state index in [1.54, 1.807) is 0 Å². The molecule has 1 heterocycles. The Morgan fingerprint density at radius 1 is 1.24 bits per heavy atom. The maximum atomic E-state index is 10.5. The summed E-state index contributed by atoms with van der Waals surface area (Å²) in [5, 5.41) is 8.68. The van der Waals surface area contributed by atoms with Crippen LogP contribution in [0.15, 0.2) is 0 Å². The number of hydrogen-bond donors (Lipinski definition) is 1. The first kappa shape index (κ1) is 14.4. The Labute approximate surface area is 103 Å². The molecule has 0 amide bonds. The average Bonchev–Trinajstić information content (AvgIpc) is 2.25. The van der Waals surface area contributed by atoms with E-state index in [-0.39, 0.29) is 6.54 Å². The van der Waals surface area contributed by atoms with Crippen LogP contribution < -0.4 is 0 Å². The molecule has 1 rings (SSSR count). The van der Waals surface area contributed by atoms with E-state index in [0.717, 1.165) is 45.9 Å². The third-order valence-electron chi connectivity index (χ3n) is 2.83. The van der Waals surface area contributed by atoms with Gasteiger partial charge < -0.3 is 9.84 Å². The summed E-state index contributed by atoms with van der Waals surface area (Å²) >= 11 is 0. The van der Waals surface area contributed by atoms with Gasteiger partial charge in [-0.05, 0) is 5.92 Å². The molecule has 5 heteroatoms. The summed E-state index contributed by atoms with van der Waals surface area (Å²) in [6, 6.07) is 0. The Kier molecular flexibility index (Phi) is 6.47. The molecule has 0 aromatic heterocycles. The van der Waals surface area contributed by atoms with Gasteiger partial charge >= 0.3 is 5.97 Å². The highest BCUT2D eigenvalue weighted by Crippen LogP contribution is 2.01. The van der Waals surface area contributed by atoms with Crippen LogP contribution in [0.25, 0.3) is 0 Å². The fourth-order valence-electron chi connectivity index (χ4n) is 1.87. The second-order valence-corrected chi connectivity index (χ2v) is 4.98. The van der Waals surface area contributed by atoms with E-state index in [1.807, 2.05) is 4.90 Å². The summed E-state index contributed by atoms with van der Waals surface area (Å²) in [4.78, 5) is 14.9. The standard InChI is InChI=1S/C12H24N2O3/c1-11(2)10-17-8-7-13-3-5-14(6-4-13)9-12(15)16/h11H,3-10H2,1-2H3,(H,15,16). The minimum absolute atomic E-state index is 0.164. The summed E-state index contributed by atoms with van der Waals surface area (Å²) in [6.45, 7) is 10.6. The Morgan fingerprint density at radius 3 is 2.35 bits per heavy atom. The quantitative estimate of drug-likeness (QED) is 0.655. The monoisotopic (exact) mass is 244 g/mol. The zero-order chi connectivity index (χ0) is 12.7. The Bertz CT molecular complexity index is 226. The number of carboxylic acid groups (broad SMARTS) is 1. The fourth-order valence-corrected chi connectivity index (χ4v) is 1.87. The van der Waals surface area contributed by atoms with Crippen molar-refractivity contribution in [3.63, 3.8) is 0 Å². The van der Waals surface area contributed by atoms with Crippen molar-refractivity contribution in [2.24, 2.45) is 5.92 Å². The number of nitrogens with zero attached hydrogens (tertiary/aromatic N) is 2. The number of carboxylic acids is 1. The molecule has 0 aromatic carbocycles. The van der Waals surface area contributed by atoms with E-state index in [1.165, 1.54) is 0 Å². The molecular formula is C12H24N2O3. The summed E-state index contributed by atoms with van der Waals surface area (Å²) < 4.78 is 5.54. The molecule has 1 aliphatic heterocycles. The van der Waals surface area contributed by atoms with Gasteiger partial charge in [-0.3, -0.25) is 14.6 Å². The maximum absolute atomic E-state index is 10.5. The summed E-state index contributed by atoms with van der Waals surface area (Å²) in [5.74, 6) is -0.152. The van der Waals surface area contributed by atoms with Crippen LogP contribution >= 0.6 is 0 Å². The lowest BCUT2D eigenvalue weighted by atomic mass is 10.2. The topological polar surface area (TPSA) is 53.0 Å². The van der Waals surface area contributed by atoms with Gasteiger partial charge in [-0.15, -0.1) is 0 Å². The first-order valence-corrected chi connectivity index (χ1v) is 6.32. The number of aliphatic carboxylic acids is 1. The number of hydrogen-bond acceptors (Lipinski definition) is 4. The number of carbonyl (C=O) groups is 1. The Hall–Kier alpha value is -0.650. The van der Waals surface area contributed by atoms with Crippen LogP contribution in [0, 0.1) is 5.92 Å². The van der Waals surface area contributed by atoms with Gasteiger partial charge in [0.05, 0.1) is 13.2 Å². The van der Waals surface area contributed by atoms with Crippen molar-refractivity contribution < 1.29 is 14.6 Å². The average molecular weight is 244 g/mol. The lowest BCUT2D eigenvalue weighted by Gasteiger charge is -2.33. The highest BCUT2D eigenvalue weighted by atomic mass is 16.5. The van der Waals surface area contributed by atoms with E-state index in [2.05, 4.69) is 18.7 Å². The van der Waals surface area contributed by atoms with Crippen molar-refractivity contribution in [1.29, 1.82) is 0 Å². The van der Waals surface area contributed by atoms with Crippen molar-refractivity contribution in [1.82, 2.24) is 9.80 Å². The summed E-state index contributed by atoms with van der Waals surface area (Å²) in [7, 11) is 0. The third kappa shape index (κ3) is 6.61. The highest BCUT2D eigenvalue weighted by Gasteiger charge is 2.17. The van der Waals surface area contributed by atoms with Crippen molar-refractivity contribution in [2.75, 3.05) is 52.5 Å². The predicted molar refractivity (Wildman–Crippen MR) is 66.2 cm³/mol. The van der Waals surface area contributed by atoms with E-state index < -0.39 is 5.97 Å². The molecule has 1 aliphatic rings. The molecule has 0 radical (unpaired) electrons. The first-order chi connectivity index (χ1) is 8.08. The van der Waals surface area contributed by atoms with E-state index in [4.69, 9.17) is 9.84 Å². The molecule has 0 atom stereocenters. The molecule has 1 N–H and O–H groups in total. The van der Waals surface area contributed by atoms with E-state index >= 15 is 0 Å². The molecule has 0 bridgehead atoms. The smallest absolute Gasteiger partial charge is 0.317 e. The van der Waals surface area contributed by atoms with Crippen LogP contribution in [-0.2, 0) is 9.53 Å². The van der Waals surface area contributed by atoms with Gasteiger partial charge in [-0.25, -0.2) is 0 Å². The molecule has 0 aliphatic carbocycles. The molecule has 1 saturated heterocycles. The minimum atomic E-state index is -0.737. The molecule has 1 fully saturated rings. The summed E-state index contributed by atoms with van der Waals surface area (Å²) in [5.41, 5.74) is 0. The van der Waals surface area contributed by atoms with Gasteiger partial charge in [0.1, 0.15) is 0 Å². The molecule has 5 nitrogen and oxygen atoms in total. The van der Waals surface area contributed by atoms with Crippen LogP contribution in [0.5, 0.6) is 0 Å². The van der Waals surface area contributed by atoms with Gasteiger partial charge in [-0.1, -0.05) is 13.8 Å². The van der Waals surface area contributed by atoms with Crippen molar-refractivity contribution >= 4 is 5.97 Å². The Morgan fingerprint density at radius 2 is 1.82 bits per heavy atom. The SMILES string of the molecule is CC(C)COCCN1CCN(CC(=O)O)CC1. The summed E-state index contributed by atoms with van der Waals surface area (Å²) in [6.07, 6.45) is 0. The highest BCUT2D eigenvalue weighted by molar-refractivity contribution is 5.69. The molecule has 100 valence electrons. The lowest BCUT2D eigenvalue weighted by molar-refractivity contribution is -0.138. The second-order valence-electron chi connectivity index (χ2n) is 4.98. The van der Waals surface area contributed by atoms with Crippen LogP contribution in [0.4, 0.5) is 0 Å². The number of piperazine rings is 1. The third-order valence-corrected chi connectivity index (χ3v) is 2.83. The van der Waals surface area contributed by atoms with Gasteiger partial charge in [0.25, 0.3) is 0 Å². The van der Waals surface area contributed by atoms with Crippen molar-refractivity contribution in [3.8, 4) is 0 Å². The normalized spacial score (nSPS) is 18.8. The van der Waals surface area contributed by atoms with Gasteiger partial charge in [-0.2, -0.15) is 0 Å². The molecule has 0 spiro atoms. The lowest BCUT2D eigenvalue weighted by Crippen LogP contribution is -2.48. The molecular weight excluding hydrogens is 220 g/mol.